The zero-order valence-corrected chi connectivity index (χ0v) is 16.4. The highest BCUT2D eigenvalue weighted by Gasteiger charge is 2.09. The van der Waals surface area contributed by atoms with Gasteiger partial charge >= 0.3 is 5.97 Å². The van der Waals surface area contributed by atoms with Crippen LogP contribution in [0.25, 0.3) is 6.08 Å². The zero-order chi connectivity index (χ0) is 20.6. The number of ether oxygens (including phenoxy) is 2. The number of hydrogen-bond donors (Lipinski definition) is 0. The SMILES string of the molecule is CCOc1ccccc1C=CC(=O)c1ccc(OC(=O)c2ccc(C)cc2)cc1. The van der Waals surface area contributed by atoms with Gasteiger partial charge in [-0.3, -0.25) is 4.79 Å². The van der Waals surface area contributed by atoms with Gasteiger partial charge in [-0.1, -0.05) is 35.9 Å². The van der Waals surface area contributed by atoms with Crippen LogP contribution < -0.4 is 9.47 Å². The average molecular weight is 386 g/mol. The number of para-hydroxylation sites is 1. The van der Waals surface area contributed by atoms with Crippen LogP contribution in [0.4, 0.5) is 0 Å². The van der Waals surface area contributed by atoms with Crippen LogP contribution in [0.3, 0.4) is 0 Å². The number of esters is 1. The van der Waals surface area contributed by atoms with Crippen LogP contribution in [0.2, 0.25) is 0 Å². The minimum Gasteiger partial charge on any atom is -0.493 e. The lowest BCUT2D eigenvalue weighted by molar-refractivity contribution is 0.0734. The molecule has 0 aliphatic carbocycles. The molecule has 0 heterocycles. The molecule has 0 amide bonds. The highest BCUT2D eigenvalue weighted by atomic mass is 16.5. The third-order valence-corrected chi connectivity index (χ3v) is 4.27. The molecule has 0 radical (unpaired) electrons. The van der Waals surface area contributed by atoms with Crippen molar-refractivity contribution in [1.82, 2.24) is 0 Å². The number of carbonyl (C=O) groups excluding carboxylic acids is 2. The van der Waals surface area contributed by atoms with Crippen molar-refractivity contribution in [1.29, 1.82) is 0 Å². The van der Waals surface area contributed by atoms with Crippen molar-refractivity contribution in [3.05, 3.63) is 101 Å². The first-order valence-corrected chi connectivity index (χ1v) is 9.40. The summed E-state index contributed by atoms with van der Waals surface area (Å²) in [5.41, 5.74) is 2.89. The molecule has 4 heteroatoms. The molecule has 0 N–H and O–H groups in total. The van der Waals surface area contributed by atoms with E-state index in [1.807, 2.05) is 50.2 Å². The summed E-state index contributed by atoms with van der Waals surface area (Å²) in [7, 11) is 0. The standard InChI is InChI=1S/C25H22O4/c1-3-28-24-7-5-4-6-20(24)14-17-23(26)19-12-15-22(16-13-19)29-25(27)21-10-8-18(2)9-11-21/h4-17H,3H2,1-2H3. The third kappa shape index (κ3) is 5.42. The first-order valence-electron chi connectivity index (χ1n) is 9.40. The molecule has 3 rings (SSSR count). The molecule has 0 saturated carbocycles. The Morgan fingerprint density at radius 1 is 0.862 bits per heavy atom. The van der Waals surface area contributed by atoms with Crippen molar-refractivity contribution >= 4 is 17.8 Å². The predicted octanol–water partition coefficient (Wildman–Crippen LogP) is 5.51. The molecular weight excluding hydrogens is 364 g/mol. The number of rotatable bonds is 7. The van der Waals surface area contributed by atoms with Crippen LogP contribution in [-0.4, -0.2) is 18.4 Å². The summed E-state index contributed by atoms with van der Waals surface area (Å²) in [5.74, 6) is 0.541. The number of benzene rings is 3. The van der Waals surface area contributed by atoms with E-state index in [4.69, 9.17) is 9.47 Å². The molecule has 0 fully saturated rings. The summed E-state index contributed by atoms with van der Waals surface area (Å²) in [4.78, 5) is 24.6. The van der Waals surface area contributed by atoms with Gasteiger partial charge in [-0.05, 0) is 68.5 Å². The van der Waals surface area contributed by atoms with Gasteiger partial charge in [0.1, 0.15) is 11.5 Å². The number of aryl methyl sites for hydroxylation is 1. The molecule has 0 aromatic heterocycles. The second-order valence-electron chi connectivity index (χ2n) is 6.45. The van der Waals surface area contributed by atoms with Crippen molar-refractivity contribution in [3.63, 3.8) is 0 Å². The number of allylic oxidation sites excluding steroid dienone is 1. The van der Waals surface area contributed by atoms with E-state index in [9.17, 15) is 9.59 Å². The molecule has 0 saturated heterocycles. The molecule has 3 aromatic rings. The van der Waals surface area contributed by atoms with Crippen molar-refractivity contribution in [3.8, 4) is 11.5 Å². The quantitative estimate of drug-likeness (QED) is 0.233. The van der Waals surface area contributed by atoms with E-state index in [1.165, 1.54) is 6.08 Å². The van der Waals surface area contributed by atoms with Crippen molar-refractivity contribution in [2.75, 3.05) is 6.61 Å². The Morgan fingerprint density at radius 2 is 1.52 bits per heavy atom. The minimum absolute atomic E-state index is 0.146. The van der Waals surface area contributed by atoms with E-state index in [1.54, 1.807) is 42.5 Å². The smallest absolute Gasteiger partial charge is 0.343 e. The second kappa shape index (κ2) is 9.51. The maximum atomic E-state index is 12.4. The highest BCUT2D eigenvalue weighted by Crippen LogP contribution is 2.20. The van der Waals surface area contributed by atoms with Gasteiger partial charge in [-0.15, -0.1) is 0 Å². The summed E-state index contributed by atoms with van der Waals surface area (Å²) >= 11 is 0. The fourth-order valence-electron chi connectivity index (χ4n) is 2.71. The zero-order valence-electron chi connectivity index (χ0n) is 16.4. The first-order chi connectivity index (χ1) is 14.1. The van der Waals surface area contributed by atoms with Gasteiger partial charge < -0.3 is 9.47 Å². The number of ketones is 1. The summed E-state index contributed by atoms with van der Waals surface area (Å²) in [6, 6.07) is 21.2. The van der Waals surface area contributed by atoms with Gasteiger partial charge in [0.15, 0.2) is 5.78 Å². The molecule has 0 atom stereocenters. The average Bonchev–Trinajstić information content (AvgIpc) is 2.74. The fourth-order valence-corrected chi connectivity index (χ4v) is 2.71. The Labute approximate surface area is 170 Å². The molecule has 0 unspecified atom stereocenters. The fraction of sp³-hybridized carbons (Fsp3) is 0.120. The summed E-state index contributed by atoms with van der Waals surface area (Å²) in [6.07, 6.45) is 3.24. The predicted molar refractivity (Wildman–Crippen MR) is 114 cm³/mol. The lowest BCUT2D eigenvalue weighted by Gasteiger charge is -2.06. The summed E-state index contributed by atoms with van der Waals surface area (Å²) in [5, 5.41) is 0. The van der Waals surface area contributed by atoms with Crippen LogP contribution in [0, 0.1) is 6.92 Å². The Kier molecular flexibility index (Phi) is 6.59. The molecule has 4 nitrogen and oxygen atoms in total. The van der Waals surface area contributed by atoms with Crippen LogP contribution in [-0.2, 0) is 0 Å². The highest BCUT2D eigenvalue weighted by molar-refractivity contribution is 6.07. The molecule has 0 spiro atoms. The van der Waals surface area contributed by atoms with Gasteiger partial charge in [0, 0.05) is 11.1 Å². The largest absolute Gasteiger partial charge is 0.493 e. The Bertz CT molecular complexity index is 1020. The molecule has 3 aromatic carbocycles. The van der Waals surface area contributed by atoms with Gasteiger partial charge in [0.25, 0.3) is 0 Å². The van der Waals surface area contributed by atoms with Gasteiger partial charge in [0.05, 0.1) is 12.2 Å². The van der Waals surface area contributed by atoms with Gasteiger partial charge in [-0.25, -0.2) is 4.79 Å². The Morgan fingerprint density at radius 3 is 2.21 bits per heavy atom. The lowest BCUT2D eigenvalue weighted by atomic mass is 10.1. The summed E-state index contributed by atoms with van der Waals surface area (Å²) in [6.45, 7) is 4.43. The van der Waals surface area contributed by atoms with E-state index in [-0.39, 0.29) is 5.78 Å². The van der Waals surface area contributed by atoms with Crippen LogP contribution in [0.1, 0.15) is 38.8 Å². The van der Waals surface area contributed by atoms with Crippen molar-refractivity contribution in [2.24, 2.45) is 0 Å². The van der Waals surface area contributed by atoms with Crippen LogP contribution >= 0.6 is 0 Å². The Balaban J connectivity index is 1.66. The van der Waals surface area contributed by atoms with Gasteiger partial charge in [0.2, 0.25) is 0 Å². The minimum atomic E-state index is -0.434. The number of carbonyl (C=O) groups is 2. The maximum Gasteiger partial charge on any atom is 0.343 e. The molecule has 0 aliphatic heterocycles. The summed E-state index contributed by atoms with van der Waals surface area (Å²) < 4.78 is 10.9. The van der Waals surface area contributed by atoms with E-state index < -0.39 is 5.97 Å². The molecule has 0 aliphatic rings. The van der Waals surface area contributed by atoms with E-state index in [0.717, 1.165) is 16.9 Å². The molecular formula is C25H22O4. The van der Waals surface area contributed by atoms with Crippen molar-refractivity contribution < 1.29 is 19.1 Å². The molecule has 146 valence electrons. The second-order valence-corrected chi connectivity index (χ2v) is 6.45. The van der Waals surface area contributed by atoms with E-state index in [0.29, 0.717) is 23.5 Å². The van der Waals surface area contributed by atoms with E-state index in [2.05, 4.69) is 0 Å². The molecule has 29 heavy (non-hydrogen) atoms. The number of hydrogen-bond acceptors (Lipinski definition) is 4. The maximum absolute atomic E-state index is 12.4. The topological polar surface area (TPSA) is 52.6 Å². The van der Waals surface area contributed by atoms with Gasteiger partial charge in [-0.2, -0.15) is 0 Å². The Hall–Kier alpha value is -3.66. The monoisotopic (exact) mass is 386 g/mol. The normalized spacial score (nSPS) is 10.7. The van der Waals surface area contributed by atoms with Crippen LogP contribution in [0.5, 0.6) is 11.5 Å². The first kappa shape index (κ1) is 20.1. The molecule has 0 bridgehead atoms. The lowest BCUT2D eigenvalue weighted by Crippen LogP contribution is -2.08. The van der Waals surface area contributed by atoms with Crippen LogP contribution in [0.15, 0.2) is 78.9 Å². The van der Waals surface area contributed by atoms with E-state index >= 15 is 0 Å². The van der Waals surface area contributed by atoms with Crippen molar-refractivity contribution in [2.45, 2.75) is 13.8 Å². The third-order valence-electron chi connectivity index (χ3n) is 4.27.